The lowest BCUT2D eigenvalue weighted by atomic mass is 10.0. The van der Waals surface area contributed by atoms with Crippen LogP contribution in [0.25, 0.3) is 0 Å². The van der Waals surface area contributed by atoms with Gasteiger partial charge in [-0.05, 0) is 27.7 Å². The predicted octanol–water partition coefficient (Wildman–Crippen LogP) is 1.35. The van der Waals surface area contributed by atoms with Gasteiger partial charge in [0.25, 0.3) is 0 Å². The molecule has 0 aliphatic rings. The van der Waals surface area contributed by atoms with Crippen LogP contribution in [-0.2, 0) is 14.8 Å². The van der Waals surface area contributed by atoms with Crippen LogP contribution >= 0.6 is 11.6 Å². The fourth-order valence-electron chi connectivity index (χ4n) is 0.846. The summed E-state index contributed by atoms with van der Waals surface area (Å²) in [5, 5.41) is -0.278. The molecule has 1 unspecified atom stereocenters. The Morgan fingerprint density at radius 2 is 2.00 bits per heavy atom. The highest BCUT2D eigenvalue weighted by Gasteiger charge is 2.29. The van der Waals surface area contributed by atoms with Crippen molar-refractivity contribution in [2.45, 2.75) is 38.6 Å². The molecule has 0 radical (unpaired) electrons. The van der Waals surface area contributed by atoms with Crippen molar-refractivity contribution in [1.29, 1.82) is 0 Å². The lowest BCUT2D eigenvalue weighted by Gasteiger charge is -2.28. The highest BCUT2D eigenvalue weighted by atomic mass is 35.5. The molecule has 0 amide bonds. The van der Waals surface area contributed by atoms with Gasteiger partial charge >= 0.3 is 0 Å². The molecular weight excluding hydrogens is 238 g/mol. The Labute approximate surface area is 97.4 Å². The Bertz CT molecular complexity index is 275. The van der Waals surface area contributed by atoms with Crippen molar-refractivity contribution >= 4 is 21.6 Å². The molecule has 0 saturated heterocycles. The van der Waals surface area contributed by atoms with Gasteiger partial charge in [0.1, 0.15) is 0 Å². The van der Waals surface area contributed by atoms with Crippen molar-refractivity contribution in [3.8, 4) is 0 Å². The van der Waals surface area contributed by atoms with Gasteiger partial charge in [0.2, 0.25) is 10.0 Å². The van der Waals surface area contributed by atoms with Crippen LogP contribution < -0.4 is 4.72 Å². The summed E-state index contributed by atoms with van der Waals surface area (Å²) in [5.74, 6) is -0.0339. The smallest absolute Gasteiger partial charge is 0.214 e. The average Bonchev–Trinajstić information content (AvgIpc) is 2.01. The SMILES string of the molecule is CCOCCS(=O)(=O)NC(C)(C)C(C)Cl. The minimum absolute atomic E-state index is 0.0339. The molecule has 0 aromatic rings. The van der Waals surface area contributed by atoms with Crippen LogP contribution in [0.2, 0.25) is 0 Å². The fourth-order valence-corrected chi connectivity index (χ4v) is 2.38. The average molecular weight is 258 g/mol. The number of rotatable bonds is 7. The molecule has 1 N–H and O–H groups in total. The van der Waals surface area contributed by atoms with Crippen LogP contribution in [0.3, 0.4) is 0 Å². The van der Waals surface area contributed by atoms with E-state index >= 15 is 0 Å². The number of nitrogens with one attached hydrogen (secondary N) is 1. The monoisotopic (exact) mass is 257 g/mol. The van der Waals surface area contributed by atoms with Gasteiger partial charge in [-0.15, -0.1) is 11.6 Å². The van der Waals surface area contributed by atoms with Gasteiger partial charge in [-0.25, -0.2) is 13.1 Å². The maximum absolute atomic E-state index is 11.6. The molecule has 0 aliphatic carbocycles. The number of sulfonamides is 1. The number of ether oxygens (including phenoxy) is 1. The maximum Gasteiger partial charge on any atom is 0.214 e. The van der Waals surface area contributed by atoms with Crippen LogP contribution in [-0.4, -0.2) is 38.3 Å². The second kappa shape index (κ2) is 6.03. The molecule has 0 saturated carbocycles. The van der Waals surface area contributed by atoms with Gasteiger partial charge < -0.3 is 4.74 Å². The van der Waals surface area contributed by atoms with E-state index in [1.54, 1.807) is 20.8 Å². The van der Waals surface area contributed by atoms with Gasteiger partial charge in [-0.3, -0.25) is 0 Å². The summed E-state index contributed by atoms with van der Waals surface area (Å²) >= 11 is 5.88. The molecule has 0 aliphatic heterocycles. The second-order valence-corrected chi connectivity index (χ2v) is 6.45. The molecule has 0 heterocycles. The molecule has 4 nitrogen and oxygen atoms in total. The molecule has 0 spiro atoms. The summed E-state index contributed by atoms with van der Waals surface area (Å²) in [5.41, 5.74) is -0.646. The van der Waals surface area contributed by atoms with Gasteiger partial charge in [0, 0.05) is 17.5 Å². The summed E-state index contributed by atoms with van der Waals surface area (Å²) in [6.45, 7) is 7.81. The zero-order valence-electron chi connectivity index (χ0n) is 9.71. The molecule has 15 heavy (non-hydrogen) atoms. The van der Waals surface area contributed by atoms with Gasteiger partial charge in [-0.2, -0.15) is 0 Å². The van der Waals surface area contributed by atoms with Gasteiger partial charge in [-0.1, -0.05) is 0 Å². The minimum Gasteiger partial charge on any atom is -0.381 e. The molecule has 92 valence electrons. The molecule has 0 bridgehead atoms. The Hall–Kier alpha value is 0.160. The standard InChI is InChI=1S/C9H20ClNO3S/c1-5-14-6-7-15(12,13)11-9(3,4)8(2)10/h8,11H,5-7H2,1-4H3. The fraction of sp³-hybridized carbons (Fsp3) is 1.00. The highest BCUT2D eigenvalue weighted by Crippen LogP contribution is 2.15. The summed E-state index contributed by atoms with van der Waals surface area (Å²) in [6, 6.07) is 0. The van der Waals surface area contributed by atoms with Crippen molar-refractivity contribution in [3.05, 3.63) is 0 Å². The molecule has 1 atom stereocenters. The van der Waals surface area contributed by atoms with E-state index in [4.69, 9.17) is 16.3 Å². The van der Waals surface area contributed by atoms with E-state index in [2.05, 4.69) is 4.72 Å². The number of hydrogen-bond acceptors (Lipinski definition) is 3. The van der Waals surface area contributed by atoms with E-state index in [-0.39, 0.29) is 17.7 Å². The zero-order valence-corrected chi connectivity index (χ0v) is 11.3. The number of halogens is 1. The first-order valence-electron chi connectivity index (χ1n) is 4.94. The lowest BCUT2D eigenvalue weighted by molar-refractivity contribution is 0.163. The third-order valence-electron chi connectivity index (χ3n) is 2.11. The topological polar surface area (TPSA) is 55.4 Å². The Balaban J connectivity index is 4.26. The molecular formula is C9H20ClNO3S. The van der Waals surface area contributed by atoms with Crippen LogP contribution in [0.5, 0.6) is 0 Å². The van der Waals surface area contributed by atoms with E-state index < -0.39 is 15.6 Å². The minimum atomic E-state index is -3.32. The van der Waals surface area contributed by atoms with Crippen LogP contribution in [0, 0.1) is 0 Å². The Kier molecular flexibility index (Phi) is 6.10. The molecule has 0 rings (SSSR count). The van der Waals surface area contributed by atoms with E-state index in [9.17, 15) is 8.42 Å². The van der Waals surface area contributed by atoms with Crippen molar-refractivity contribution < 1.29 is 13.2 Å². The summed E-state index contributed by atoms with van der Waals surface area (Å²) in [6.07, 6.45) is 0. The first kappa shape index (κ1) is 15.2. The van der Waals surface area contributed by atoms with Crippen molar-refractivity contribution in [3.63, 3.8) is 0 Å². The second-order valence-electron chi connectivity index (χ2n) is 3.96. The third kappa shape index (κ3) is 6.35. The molecule has 6 heteroatoms. The van der Waals surface area contributed by atoms with Crippen molar-refractivity contribution in [1.82, 2.24) is 4.72 Å². The third-order valence-corrected chi connectivity index (χ3v) is 4.20. The van der Waals surface area contributed by atoms with Crippen LogP contribution in [0.1, 0.15) is 27.7 Å². The van der Waals surface area contributed by atoms with Crippen molar-refractivity contribution in [2.75, 3.05) is 19.0 Å². The Morgan fingerprint density at radius 3 is 2.40 bits per heavy atom. The van der Waals surface area contributed by atoms with E-state index in [0.717, 1.165) is 0 Å². The van der Waals surface area contributed by atoms with Crippen molar-refractivity contribution in [2.24, 2.45) is 0 Å². The maximum atomic E-state index is 11.6. The van der Waals surface area contributed by atoms with E-state index in [0.29, 0.717) is 6.61 Å². The summed E-state index contributed by atoms with van der Waals surface area (Å²) in [7, 11) is -3.32. The van der Waals surface area contributed by atoms with E-state index in [1.807, 2.05) is 6.92 Å². The normalized spacial score (nSPS) is 15.3. The summed E-state index contributed by atoms with van der Waals surface area (Å²) in [4.78, 5) is 0. The largest absolute Gasteiger partial charge is 0.381 e. The number of hydrogen-bond donors (Lipinski definition) is 1. The lowest BCUT2D eigenvalue weighted by Crippen LogP contribution is -2.50. The van der Waals surface area contributed by atoms with E-state index in [1.165, 1.54) is 0 Å². The quantitative estimate of drug-likeness (QED) is 0.553. The van der Waals surface area contributed by atoms with Crippen LogP contribution in [0.4, 0.5) is 0 Å². The van der Waals surface area contributed by atoms with Gasteiger partial charge in [0.15, 0.2) is 0 Å². The molecule has 0 fully saturated rings. The molecule has 0 aromatic heterocycles. The predicted molar refractivity (Wildman–Crippen MR) is 62.8 cm³/mol. The first-order valence-corrected chi connectivity index (χ1v) is 7.03. The van der Waals surface area contributed by atoms with Gasteiger partial charge in [0.05, 0.1) is 12.4 Å². The number of alkyl halides is 1. The Morgan fingerprint density at radius 1 is 1.47 bits per heavy atom. The summed E-state index contributed by atoms with van der Waals surface area (Å²) < 4.78 is 30.7. The van der Waals surface area contributed by atoms with Crippen LogP contribution in [0.15, 0.2) is 0 Å². The highest BCUT2D eigenvalue weighted by molar-refractivity contribution is 7.89. The first-order chi connectivity index (χ1) is 6.71. The zero-order chi connectivity index (χ0) is 12.1. The molecule has 0 aromatic carbocycles.